The zero-order valence-electron chi connectivity index (χ0n) is 19.7. The van der Waals surface area contributed by atoms with E-state index in [1.165, 1.54) is 22.3 Å². The van der Waals surface area contributed by atoms with Crippen LogP contribution in [0.3, 0.4) is 0 Å². The molecule has 0 spiro atoms. The van der Waals surface area contributed by atoms with E-state index >= 15 is 0 Å². The van der Waals surface area contributed by atoms with Crippen LogP contribution in [0.1, 0.15) is 98.0 Å². The molecule has 4 saturated heterocycles. The standard InChI is InChI=1S/C28H34O4Se2/c1-7-19(23-11-3-15-29-23)27(20(8-1)24-12-4-16-30-24)33-34-28-21(25-13-5-17-31-25)9-2-10-22(28)26-14-6-18-32-26/h1-2,7-10,23-26H,3-6,11-18H2/t23-,24-,25-,26-/m0/s1. The molecule has 34 heavy (non-hydrogen) atoms. The van der Waals surface area contributed by atoms with Gasteiger partial charge in [-0.3, -0.25) is 0 Å². The van der Waals surface area contributed by atoms with Gasteiger partial charge in [-0.1, -0.05) is 0 Å². The molecule has 0 amide bonds. The number of ether oxygens (including phenoxy) is 4. The maximum atomic E-state index is 6.20. The maximum absolute atomic E-state index is 6.20. The van der Waals surface area contributed by atoms with Crippen LogP contribution in [0.2, 0.25) is 0 Å². The van der Waals surface area contributed by atoms with E-state index in [1.54, 1.807) is 8.92 Å². The molecule has 0 aliphatic carbocycles. The number of benzene rings is 2. The molecule has 4 aliphatic rings. The Balaban J connectivity index is 1.36. The minimum absolute atomic E-state index is 0.250. The van der Waals surface area contributed by atoms with Crippen LogP contribution in [0, 0.1) is 0 Å². The zero-order valence-corrected chi connectivity index (χ0v) is 23.1. The summed E-state index contributed by atoms with van der Waals surface area (Å²) in [7, 11) is 0. The van der Waals surface area contributed by atoms with Crippen molar-refractivity contribution in [2.45, 2.75) is 75.8 Å². The van der Waals surface area contributed by atoms with Crippen molar-refractivity contribution in [1.29, 1.82) is 0 Å². The van der Waals surface area contributed by atoms with Crippen molar-refractivity contribution in [2.75, 3.05) is 26.4 Å². The third kappa shape index (κ3) is 4.94. The molecule has 0 bridgehead atoms. The molecule has 4 nitrogen and oxygen atoms in total. The van der Waals surface area contributed by atoms with Crippen LogP contribution in [-0.2, 0) is 18.9 Å². The first-order valence-electron chi connectivity index (χ1n) is 12.9. The Kier molecular flexibility index (Phi) is 7.77. The van der Waals surface area contributed by atoms with Gasteiger partial charge in [0.05, 0.1) is 0 Å². The van der Waals surface area contributed by atoms with Gasteiger partial charge in [-0.05, 0) is 0 Å². The first kappa shape index (κ1) is 23.7. The average molecular weight is 592 g/mol. The van der Waals surface area contributed by atoms with Crippen molar-refractivity contribution < 1.29 is 18.9 Å². The van der Waals surface area contributed by atoms with Gasteiger partial charge in [-0.2, -0.15) is 0 Å². The fourth-order valence-electron chi connectivity index (χ4n) is 5.73. The predicted octanol–water partition coefficient (Wildman–Crippen LogP) is 4.37. The number of rotatable bonds is 7. The molecule has 0 unspecified atom stereocenters. The Morgan fingerprint density at radius 3 is 1.00 bits per heavy atom. The fourth-order valence-corrected chi connectivity index (χ4v) is 14.6. The van der Waals surface area contributed by atoms with E-state index in [4.69, 9.17) is 18.9 Å². The summed E-state index contributed by atoms with van der Waals surface area (Å²) in [5.41, 5.74) is 5.72. The van der Waals surface area contributed by atoms with Gasteiger partial charge in [0.1, 0.15) is 0 Å². The van der Waals surface area contributed by atoms with Gasteiger partial charge in [0.25, 0.3) is 0 Å². The van der Waals surface area contributed by atoms with Crippen LogP contribution in [0.25, 0.3) is 0 Å². The molecule has 6 heteroatoms. The van der Waals surface area contributed by atoms with Crippen molar-refractivity contribution in [1.82, 2.24) is 0 Å². The van der Waals surface area contributed by atoms with Crippen molar-refractivity contribution in [3.05, 3.63) is 58.7 Å². The molecule has 0 saturated carbocycles. The summed E-state index contributed by atoms with van der Waals surface area (Å²) < 4.78 is 27.9. The number of hydrogen-bond acceptors (Lipinski definition) is 4. The molecule has 182 valence electrons. The second-order valence-corrected chi connectivity index (χ2v) is 15.8. The van der Waals surface area contributed by atoms with Crippen molar-refractivity contribution >= 4 is 35.2 Å². The average Bonchev–Trinajstić information content (AvgIpc) is 3.70. The minimum atomic E-state index is 0.250. The topological polar surface area (TPSA) is 36.9 Å². The van der Waals surface area contributed by atoms with Gasteiger partial charge in [-0.15, -0.1) is 0 Å². The Morgan fingerprint density at radius 2 is 0.765 bits per heavy atom. The second-order valence-electron chi connectivity index (χ2n) is 9.70. The molecular weight excluding hydrogens is 558 g/mol. The van der Waals surface area contributed by atoms with E-state index in [2.05, 4.69) is 36.4 Å². The van der Waals surface area contributed by atoms with E-state index in [-0.39, 0.29) is 24.4 Å². The van der Waals surface area contributed by atoms with E-state index in [0.29, 0.717) is 26.3 Å². The third-order valence-corrected chi connectivity index (χ3v) is 14.9. The molecule has 2 aromatic carbocycles. The van der Waals surface area contributed by atoms with Gasteiger partial charge < -0.3 is 0 Å². The van der Waals surface area contributed by atoms with Crippen LogP contribution in [-0.4, -0.2) is 52.7 Å². The van der Waals surface area contributed by atoms with Gasteiger partial charge in [-0.25, -0.2) is 0 Å². The van der Waals surface area contributed by atoms with E-state index in [0.717, 1.165) is 77.8 Å². The monoisotopic (exact) mass is 594 g/mol. The second kappa shape index (κ2) is 11.2. The van der Waals surface area contributed by atoms with Crippen LogP contribution in [0.4, 0.5) is 0 Å². The van der Waals surface area contributed by atoms with E-state index in [9.17, 15) is 0 Å². The van der Waals surface area contributed by atoms with Crippen LogP contribution in [0.15, 0.2) is 36.4 Å². The molecule has 4 heterocycles. The summed E-state index contributed by atoms with van der Waals surface area (Å²) in [5, 5.41) is 0. The van der Waals surface area contributed by atoms with Crippen molar-refractivity contribution in [3.63, 3.8) is 0 Å². The van der Waals surface area contributed by atoms with Crippen LogP contribution < -0.4 is 8.92 Å². The van der Waals surface area contributed by atoms with Gasteiger partial charge in [0.2, 0.25) is 0 Å². The Hall–Kier alpha value is -0.681. The van der Waals surface area contributed by atoms with E-state index in [1.807, 2.05) is 0 Å². The molecular formula is C28H34O4Se2. The summed E-state index contributed by atoms with van der Waals surface area (Å²) >= 11 is 0.692. The summed E-state index contributed by atoms with van der Waals surface area (Å²) in [6.07, 6.45) is 10.2. The quantitative estimate of drug-likeness (QED) is 0.448. The SMILES string of the molecule is c1cc([C@@H]2CCCO2)c([Se][Se]c2c([C@@H]3CCCO3)cccc2[C@@H]2CCCO2)c([C@@H]2CCCO2)c1. The number of hydrogen-bond donors (Lipinski definition) is 0. The molecule has 0 radical (unpaired) electrons. The zero-order chi connectivity index (χ0) is 22.7. The Labute approximate surface area is 214 Å². The molecule has 0 N–H and O–H groups in total. The van der Waals surface area contributed by atoms with Gasteiger partial charge in [0.15, 0.2) is 0 Å². The molecule has 2 aromatic rings. The van der Waals surface area contributed by atoms with Crippen LogP contribution in [0.5, 0.6) is 0 Å². The molecule has 6 rings (SSSR count). The molecule has 4 aliphatic heterocycles. The third-order valence-electron chi connectivity index (χ3n) is 7.47. The van der Waals surface area contributed by atoms with Gasteiger partial charge >= 0.3 is 215 Å². The fraction of sp³-hybridized carbons (Fsp3) is 0.571. The first-order chi connectivity index (χ1) is 16.9. The first-order valence-corrected chi connectivity index (χ1v) is 19.0. The van der Waals surface area contributed by atoms with E-state index < -0.39 is 0 Å². The van der Waals surface area contributed by atoms with Crippen molar-refractivity contribution in [2.24, 2.45) is 0 Å². The summed E-state index contributed by atoms with van der Waals surface area (Å²) in [4.78, 5) is 0. The molecule has 0 aromatic heterocycles. The predicted molar refractivity (Wildman–Crippen MR) is 135 cm³/mol. The normalized spacial score (nSPS) is 29.3. The molecule has 4 atom stereocenters. The summed E-state index contributed by atoms with van der Waals surface area (Å²) in [6.45, 7) is 3.55. The summed E-state index contributed by atoms with van der Waals surface area (Å²) in [5.74, 6) is 0. The van der Waals surface area contributed by atoms with Crippen LogP contribution >= 0.6 is 0 Å². The Bertz CT molecular complexity index is 824. The Morgan fingerprint density at radius 1 is 0.471 bits per heavy atom. The summed E-state index contributed by atoms with van der Waals surface area (Å²) in [6, 6.07) is 13.8. The van der Waals surface area contributed by atoms with Crippen molar-refractivity contribution in [3.8, 4) is 0 Å². The van der Waals surface area contributed by atoms with Gasteiger partial charge in [0, 0.05) is 0 Å². The molecule has 4 fully saturated rings.